The molecule has 5 nitrogen and oxygen atoms in total. The van der Waals surface area contributed by atoms with Crippen LogP contribution in [0.5, 0.6) is 0 Å². The first kappa shape index (κ1) is 21.2. The number of halogens is 2. The van der Waals surface area contributed by atoms with Gasteiger partial charge in [0.15, 0.2) is 5.16 Å². The number of fused-ring (bicyclic) bond motifs is 3. The van der Waals surface area contributed by atoms with Gasteiger partial charge in [-0.2, -0.15) is 0 Å². The minimum absolute atomic E-state index is 0.0943. The van der Waals surface area contributed by atoms with Crippen molar-refractivity contribution in [3.05, 3.63) is 91.8 Å². The van der Waals surface area contributed by atoms with Gasteiger partial charge in [-0.15, -0.1) is 21.5 Å². The summed E-state index contributed by atoms with van der Waals surface area (Å²) < 4.78 is 18.4. The smallest absolute Gasteiger partial charge is 0.271 e. The molecule has 0 aliphatic carbocycles. The molecule has 162 valence electrons. The molecule has 0 saturated carbocycles. The Balaban J connectivity index is 1.58. The van der Waals surface area contributed by atoms with E-state index in [-0.39, 0.29) is 11.4 Å². The third-order valence-corrected chi connectivity index (χ3v) is 7.56. The number of hydrogen-bond donors (Lipinski definition) is 0. The van der Waals surface area contributed by atoms with Crippen molar-refractivity contribution in [3.63, 3.8) is 0 Å². The van der Waals surface area contributed by atoms with Crippen LogP contribution in [0.2, 0.25) is 5.02 Å². The first-order valence-corrected chi connectivity index (χ1v) is 12.3. The highest BCUT2D eigenvalue weighted by Crippen LogP contribution is 2.30. The third kappa shape index (κ3) is 3.72. The minimum Gasteiger partial charge on any atom is -0.271 e. The predicted octanol–water partition coefficient (Wildman–Crippen LogP) is 5.80. The molecular weight excluding hydrogens is 467 g/mol. The molecule has 9 heteroatoms. The molecular formula is C23H18ClFN4OS2. The molecule has 0 aliphatic rings. The average Bonchev–Trinajstić information content (AvgIpc) is 3.44. The van der Waals surface area contributed by atoms with Crippen molar-refractivity contribution in [3.8, 4) is 0 Å². The molecule has 0 amide bonds. The zero-order valence-electron chi connectivity index (χ0n) is 17.1. The summed E-state index contributed by atoms with van der Waals surface area (Å²) in [5.41, 5.74) is 3.33. The van der Waals surface area contributed by atoms with E-state index in [2.05, 4.69) is 29.3 Å². The molecule has 0 saturated heterocycles. The van der Waals surface area contributed by atoms with Crippen molar-refractivity contribution in [2.75, 3.05) is 0 Å². The highest BCUT2D eigenvalue weighted by atomic mass is 35.5. The zero-order valence-corrected chi connectivity index (χ0v) is 19.5. The normalized spacial score (nSPS) is 11.6. The van der Waals surface area contributed by atoms with Crippen LogP contribution in [0.1, 0.15) is 23.6 Å². The second-order valence-corrected chi connectivity index (χ2v) is 9.57. The van der Waals surface area contributed by atoms with Gasteiger partial charge < -0.3 is 0 Å². The van der Waals surface area contributed by atoms with Crippen LogP contribution >= 0.6 is 34.7 Å². The first-order chi connectivity index (χ1) is 15.6. The molecule has 0 fully saturated rings. The second-order valence-electron chi connectivity index (χ2n) is 7.30. The van der Waals surface area contributed by atoms with Crippen LogP contribution in [-0.4, -0.2) is 19.2 Å². The largest absolute Gasteiger partial charge is 0.273 e. The Morgan fingerprint density at radius 2 is 1.88 bits per heavy atom. The molecule has 5 aromatic rings. The summed E-state index contributed by atoms with van der Waals surface area (Å²) in [6.07, 6.45) is 0.961. The van der Waals surface area contributed by atoms with Crippen molar-refractivity contribution in [2.45, 2.75) is 30.8 Å². The summed E-state index contributed by atoms with van der Waals surface area (Å²) in [5.74, 6) is 0.407. The van der Waals surface area contributed by atoms with Gasteiger partial charge in [0.2, 0.25) is 5.78 Å². The highest BCUT2D eigenvalue weighted by molar-refractivity contribution is 7.98. The Morgan fingerprint density at radius 1 is 1.09 bits per heavy atom. The van der Waals surface area contributed by atoms with Gasteiger partial charge in [-0.25, -0.2) is 4.39 Å². The SMILES string of the molecule is CCc1ccc(Cn2c(=O)c3sccc3n3c(SCc4c(F)cccc4Cl)nnc23)cc1. The summed E-state index contributed by atoms with van der Waals surface area (Å²) in [7, 11) is 0. The van der Waals surface area contributed by atoms with Gasteiger partial charge in [0.25, 0.3) is 5.56 Å². The molecule has 2 aromatic carbocycles. The number of thiophene rings is 1. The molecule has 0 radical (unpaired) electrons. The highest BCUT2D eigenvalue weighted by Gasteiger charge is 2.19. The third-order valence-electron chi connectivity index (χ3n) is 5.36. The summed E-state index contributed by atoms with van der Waals surface area (Å²) >= 11 is 8.91. The van der Waals surface area contributed by atoms with Gasteiger partial charge >= 0.3 is 0 Å². The van der Waals surface area contributed by atoms with E-state index in [1.165, 1.54) is 34.7 Å². The van der Waals surface area contributed by atoms with E-state index in [0.717, 1.165) is 17.5 Å². The van der Waals surface area contributed by atoms with Crippen LogP contribution in [0.25, 0.3) is 16.0 Å². The van der Waals surface area contributed by atoms with Crippen molar-refractivity contribution < 1.29 is 4.39 Å². The van der Waals surface area contributed by atoms with Crippen LogP contribution in [0.15, 0.2) is 63.9 Å². The molecule has 0 atom stereocenters. The summed E-state index contributed by atoms with van der Waals surface area (Å²) in [4.78, 5) is 13.2. The second kappa shape index (κ2) is 8.69. The van der Waals surface area contributed by atoms with Gasteiger partial charge in [0, 0.05) is 16.3 Å². The maximum atomic E-state index is 14.2. The van der Waals surface area contributed by atoms with Crippen LogP contribution in [0, 0.1) is 5.82 Å². The number of aromatic nitrogens is 4. The van der Waals surface area contributed by atoms with Crippen molar-refractivity contribution >= 4 is 50.7 Å². The van der Waals surface area contributed by atoms with Crippen LogP contribution in [-0.2, 0) is 18.7 Å². The van der Waals surface area contributed by atoms with Gasteiger partial charge in [-0.3, -0.25) is 13.8 Å². The zero-order chi connectivity index (χ0) is 22.2. The molecule has 0 aliphatic heterocycles. The van der Waals surface area contributed by atoms with E-state index in [1.807, 2.05) is 28.0 Å². The number of aryl methyl sites for hydroxylation is 1. The number of hydrogen-bond acceptors (Lipinski definition) is 5. The van der Waals surface area contributed by atoms with Crippen LogP contribution in [0.3, 0.4) is 0 Å². The molecule has 0 spiro atoms. The van der Waals surface area contributed by atoms with Gasteiger partial charge in [-0.05, 0) is 41.1 Å². The first-order valence-electron chi connectivity index (χ1n) is 10.1. The number of benzene rings is 2. The monoisotopic (exact) mass is 484 g/mol. The lowest BCUT2D eigenvalue weighted by atomic mass is 10.1. The Hall–Kier alpha value is -2.68. The molecule has 0 unspecified atom stereocenters. The summed E-state index contributed by atoms with van der Waals surface area (Å²) in [6.45, 7) is 2.50. The number of nitrogens with zero attached hydrogens (tertiary/aromatic N) is 4. The molecule has 0 N–H and O–H groups in total. The van der Waals surface area contributed by atoms with E-state index in [9.17, 15) is 9.18 Å². The number of rotatable bonds is 6. The van der Waals surface area contributed by atoms with Gasteiger partial charge in [0.1, 0.15) is 10.5 Å². The van der Waals surface area contributed by atoms with Crippen LogP contribution in [0.4, 0.5) is 4.39 Å². The minimum atomic E-state index is -0.355. The Bertz CT molecular complexity index is 1470. The fourth-order valence-corrected chi connectivity index (χ4v) is 5.71. The summed E-state index contributed by atoms with van der Waals surface area (Å²) in [5, 5.41) is 11.5. The Morgan fingerprint density at radius 3 is 2.62 bits per heavy atom. The van der Waals surface area contributed by atoms with Crippen LogP contribution < -0.4 is 5.56 Å². The Kier molecular flexibility index (Phi) is 5.75. The topological polar surface area (TPSA) is 52.2 Å². The van der Waals surface area contributed by atoms with Gasteiger partial charge in [0.05, 0.1) is 12.1 Å². The number of thioether (sulfide) groups is 1. The fraction of sp³-hybridized carbons (Fsp3) is 0.174. The lowest BCUT2D eigenvalue weighted by Gasteiger charge is -2.10. The molecule has 0 bridgehead atoms. The lowest BCUT2D eigenvalue weighted by Crippen LogP contribution is -2.23. The van der Waals surface area contributed by atoms with Crippen molar-refractivity contribution in [1.82, 2.24) is 19.2 Å². The van der Waals surface area contributed by atoms with Crippen molar-refractivity contribution in [2.24, 2.45) is 0 Å². The molecule has 3 aromatic heterocycles. The predicted molar refractivity (Wildman–Crippen MR) is 129 cm³/mol. The van der Waals surface area contributed by atoms with E-state index >= 15 is 0 Å². The summed E-state index contributed by atoms with van der Waals surface area (Å²) in [6, 6.07) is 14.7. The maximum absolute atomic E-state index is 14.2. The fourth-order valence-electron chi connectivity index (χ4n) is 3.61. The molecule has 32 heavy (non-hydrogen) atoms. The average molecular weight is 485 g/mol. The molecule has 5 rings (SSSR count). The Labute approximate surface area is 196 Å². The maximum Gasteiger partial charge on any atom is 0.273 e. The quantitative estimate of drug-likeness (QED) is 0.286. The standard InChI is InChI=1S/C23H18ClFN4OS2/c1-2-14-6-8-15(9-7-14)12-28-21(30)20-19(10-11-31-20)29-22(28)26-27-23(29)32-13-16-17(24)4-3-5-18(16)25/h3-11H,2,12-13H2,1H3. The van der Waals surface area contributed by atoms with E-state index in [1.54, 1.807) is 16.7 Å². The van der Waals surface area contributed by atoms with Crippen molar-refractivity contribution in [1.29, 1.82) is 0 Å². The molecule has 3 heterocycles. The lowest BCUT2D eigenvalue weighted by molar-refractivity contribution is 0.617. The van der Waals surface area contributed by atoms with Gasteiger partial charge in [-0.1, -0.05) is 60.6 Å². The van der Waals surface area contributed by atoms with E-state index < -0.39 is 0 Å². The van der Waals surface area contributed by atoms with E-state index in [0.29, 0.717) is 38.5 Å². The van der Waals surface area contributed by atoms with E-state index in [4.69, 9.17) is 11.6 Å².